The van der Waals surface area contributed by atoms with E-state index in [-0.39, 0.29) is 0 Å². The molecule has 1 aliphatic heterocycles. The van der Waals surface area contributed by atoms with E-state index < -0.39 is 0 Å². The molecule has 0 aromatic carbocycles. The Kier molecular flexibility index (Phi) is 6.06. The highest BCUT2D eigenvalue weighted by Crippen LogP contribution is 2.23. The Hall–Kier alpha value is 0.400. The Bertz CT molecular complexity index is 154. The van der Waals surface area contributed by atoms with Gasteiger partial charge in [0.1, 0.15) is 0 Å². The number of ether oxygens (including phenoxy) is 1. The zero-order chi connectivity index (χ0) is 10.4. The molecular weight excluding hydrogens is 242 g/mol. The van der Waals surface area contributed by atoms with Gasteiger partial charge >= 0.3 is 0 Å². The standard InChI is InChI=1S/C11H22BrNO/c1-10(9-14-2)13-8-4-6-11(13)5-3-7-12/h10-11H,3-9H2,1-2H3. The minimum atomic E-state index is 0.586. The van der Waals surface area contributed by atoms with Gasteiger partial charge in [0, 0.05) is 24.5 Å². The highest BCUT2D eigenvalue weighted by Gasteiger charge is 2.27. The van der Waals surface area contributed by atoms with E-state index in [1.54, 1.807) is 7.11 Å². The second-order valence-electron chi connectivity index (χ2n) is 4.17. The van der Waals surface area contributed by atoms with Gasteiger partial charge in [-0.3, -0.25) is 4.90 Å². The predicted octanol–water partition coefficient (Wildman–Crippen LogP) is 2.66. The summed E-state index contributed by atoms with van der Waals surface area (Å²) in [7, 11) is 1.79. The molecule has 1 heterocycles. The lowest BCUT2D eigenvalue weighted by Gasteiger charge is -2.30. The normalized spacial score (nSPS) is 25.5. The summed E-state index contributed by atoms with van der Waals surface area (Å²) >= 11 is 3.50. The summed E-state index contributed by atoms with van der Waals surface area (Å²) in [4.78, 5) is 2.62. The van der Waals surface area contributed by atoms with Crippen LogP contribution in [0.4, 0.5) is 0 Å². The van der Waals surface area contributed by atoms with Crippen molar-refractivity contribution in [2.45, 2.75) is 44.7 Å². The summed E-state index contributed by atoms with van der Waals surface area (Å²) in [5, 5.41) is 1.13. The minimum absolute atomic E-state index is 0.586. The molecule has 0 amide bonds. The number of alkyl halides is 1. The number of halogens is 1. The van der Waals surface area contributed by atoms with E-state index in [1.165, 1.54) is 32.2 Å². The fraction of sp³-hybridized carbons (Fsp3) is 1.00. The molecule has 0 aliphatic carbocycles. The molecule has 1 rings (SSSR count). The fourth-order valence-corrected chi connectivity index (χ4v) is 2.72. The van der Waals surface area contributed by atoms with Gasteiger partial charge in [-0.1, -0.05) is 15.9 Å². The third-order valence-corrected chi connectivity index (χ3v) is 3.63. The van der Waals surface area contributed by atoms with Crippen molar-refractivity contribution in [2.24, 2.45) is 0 Å². The van der Waals surface area contributed by atoms with E-state index in [0.29, 0.717) is 6.04 Å². The van der Waals surface area contributed by atoms with Gasteiger partial charge in [0.2, 0.25) is 0 Å². The van der Waals surface area contributed by atoms with Crippen molar-refractivity contribution < 1.29 is 4.74 Å². The maximum Gasteiger partial charge on any atom is 0.0615 e. The van der Waals surface area contributed by atoms with Crippen LogP contribution >= 0.6 is 15.9 Å². The van der Waals surface area contributed by atoms with E-state index in [9.17, 15) is 0 Å². The number of hydrogen-bond donors (Lipinski definition) is 0. The second kappa shape index (κ2) is 6.81. The van der Waals surface area contributed by atoms with Gasteiger partial charge in [-0.25, -0.2) is 0 Å². The lowest BCUT2D eigenvalue weighted by atomic mass is 10.1. The van der Waals surface area contributed by atoms with Gasteiger partial charge in [-0.2, -0.15) is 0 Å². The first-order chi connectivity index (χ1) is 6.79. The van der Waals surface area contributed by atoms with Gasteiger partial charge in [0.05, 0.1) is 6.61 Å². The molecule has 0 aromatic heterocycles. The van der Waals surface area contributed by atoms with Crippen LogP contribution in [0.1, 0.15) is 32.6 Å². The van der Waals surface area contributed by atoms with Gasteiger partial charge in [-0.15, -0.1) is 0 Å². The molecule has 0 spiro atoms. The van der Waals surface area contributed by atoms with E-state index in [1.807, 2.05) is 0 Å². The quantitative estimate of drug-likeness (QED) is 0.684. The number of likely N-dealkylation sites (tertiary alicyclic amines) is 1. The Morgan fingerprint density at radius 2 is 2.36 bits per heavy atom. The maximum absolute atomic E-state index is 5.22. The van der Waals surface area contributed by atoms with E-state index in [0.717, 1.165) is 18.0 Å². The summed E-state index contributed by atoms with van der Waals surface area (Å²) < 4.78 is 5.22. The van der Waals surface area contributed by atoms with Crippen molar-refractivity contribution in [1.82, 2.24) is 4.90 Å². The molecule has 14 heavy (non-hydrogen) atoms. The topological polar surface area (TPSA) is 12.5 Å². The van der Waals surface area contributed by atoms with Gasteiger partial charge < -0.3 is 4.74 Å². The number of methoxy groups -OCH3 is 1. The van der Waals surface area contributed by atoms with E-state index in [4.69, 9.17) is 4.74 Å². The third-order valence-electron chi connectivity index (χ3n) is 3.07. The highest BCUT2D eigenvalue weighted by molar-refractivity contribution is 9.09. The molecule has 2 unspecified atom stereocenters. The van der Waals surface area contributed by atoms with Gasteiger partial charge in [0.15, 0.2) is 0 Å². The minimum Gasteiger partial charge on any atom is -0.383 e. The van der Waals surface area contributed by atoms with Crippen molar-refractivity contribution in [3.63, 3.8) is 0 Å². The molecule has 0 N–H and O–H groups in total. The molecule has 0 aromatic rings. The first-order valence-corrected chi connectivity index (χ1v) is 6.72. The molecule has 2 nitrogen and oxygen atoms in total. The lowest BCUT2D eigenvalue weighted by Crippen LogP contribution is -2.39. The van der Waals surface area contributed by atoms with Crippen LogP contribution in [-0.4, -0.2) is 42.6 Å². The molecule has 1 aliphatic rings. The second-order valence-corrected chi connectivity index (χ2v) is 4.96. The zero-order valence-electron chi connectivity index (χ0n) is 9.34. The summed E-state index contributed by atoms with van der Waals surface area (Å²) in [5.74, 6) is 0. The average Bonchev–Trinajstić information content (AvgIpc) is 2.63. The SMILES string of the molecule is COCC(C)N1CCCC1CCCBr. The van der Waals surface area contributed by atoms with Gasteiger partial charge in [0.25, 0.3) is 0 Å². The van der Waals surface area contributed by atoms with Crippen LogP contribution < -0.4 is 0 Å². The Balaban J connectivity index is 2.33. The first-order valence-electron chi connectivity index (χ1n) is 5.60. The molecule has 84 valence electrons. The van der Waals surface area contributed by atoms with Crippen molar-refractivity contribution in [1.29, 1.82) is 0 Å². The average molecular weight is 264 g/mol. The summed E-state index contributed by atoms with van der Waals surface area (Å²) in [5.41, 5.74) is 0. The summed E-state index contributed by atoms with van der Waals surface area (Å²) in [6.07, 6.45) is 5.36. The summed E-state index contributed by atoms with van der Waals surface area (Å²) in [6.45, 7) is 4.40. The van der Waals surface area contributed by atoms with Crippen molar-refractivity contribution >= 4 is 15.9 Å². The molecule has 0 radical (unpaired) electrons. The number of hydrogen-bond acceptors (Lipinski definition) is 2. The largest absolute Gasteiger partial charge is 0.383 e. The predicted molar refractivity (Wildman–Crippen MR) is 64.1 cm³/mol. The molecular formula is C11H22BrNO. The van der Waals surface area contributed by atoms with Crippen LogP contribution in [0.3, 0.4) is 0 Å². The smallest absolute Gasteiger partial charge is 0.0615 e. The van der Waals surface area contributed by atoms with Gasteiger partial charge in [-0.05, 0) is 39.2 Å². The van der Waals surface area contributed by atoms with E-state index >= 15 is 0 Å². The molecule has 1 saturated heterocycles. The molecule has 0 bridgehead atoms. The molecule has 3 heteroatoms. The number of rotatable bonds is 6. The molecule has 1 fully saturated rings. The zero-order valence-corrected chi connectivity index (χ0v) is 10.9. The van der Waals surface area contributed by atoms with Crippen LogP contribution in [0.15, 0.2) is 0 Å². The lowest BCUT2D eigenvalue weighted by molar-refractivity contribution is 0.0887. The Labute approximate surface area is 96.1 Å². The Morgan fingerprint density at radius 1 is 1.57 bits per heavy atom. The Morgan fingerprint density at radius 3 is 3.00 bits per heavy atom. The first kappa shape index (κ1) is 12.5. The van der Waals surface area contributed by atoms with Crippen molar-refractivity contribution in [3.8, 4) is 0 Å². The third kappa shape index (κ3) is 3.52. The fourth-order valence-electron chi connectivity index (χ4n) is 2.40. The van der Waals surface area contributed by atoms with E-state index in [2.05, 4.69) is 27.8 Å². The molecule has 2 atom stereocenters. The molecule has 0 saturated carbocycles. The van der Waals surface area contributed by atoms with Crippen LogP contribution in [0.25, 0.3) is 0 Å². The van der Waals surface area contributed by atoms with Crippen molar-refractivity contribution in [3.05, 3.63) is 0 Å². The monoisotopic (exact) mass is 263 g/mol. The van der Waals surface area contributed by atoms with Crippen LogP contribution in [0.2, 0.25) is 0 Å². The maximum atomic E-state index is 5.22. The summed E-state index contributed by atoms with van der Waals surface area (Å²) in [6, 6.07) is 1.39. The van der Waals surface area contributed by atoms with Crippen LogP contribution in [0.5, 0.6) is 0 Å². The number of nitrogens with zero attached hydrogens (tertiary/aromatic N) is 1. The highest BCUT2D eigenvalue weighted by atomic mass is 79.9. The van der Waals surface area contributed by atoms with Crippen LogP contribution in [-0.2, 0) is 4.74 Å². The van der Waals surface area contributed by atoms with Crippen molar-refractivity contribution in [2.75, 3.05) is 25.6 Å². The van der Waals surface area contributed by atoms with Crippen LogP contribution in [0, 0.1) is 0 Å².